The fraction of sp³-hybridized carbons (Fsp3) is 1.00. The van der Waals surface area contributed by atoms with E-state index < -0.39 is 0 Å². The summed E-state index contributed by atoms with van der Waals surface area (Å²) in [6.07, 6.45) is 5.62. The minimum atomic E-state index is 0.796. The van der Waals surface area contributed by atoms with Gasteiger partial charge in [-0.2, -0.15) is 0 Å². The summed E-state index contributed by atoms with van der Waals surface area (Å²) in [4.78, 5) is 0. The maximum absolute atomic E-state index is 5.31. The molecule has 1 unspecified atom stereocenters. The van der Waals surface area contributed by atoms with Crippen molar-refractivity contribution in [1.82, 2.24) is 5.32 Å². The smallest absolute Gasteiger partial charge is 0.0507 e. The van der Waals surface area contributed by atoms with Gasteiger partial charge in [-0.05, 0) is 31.2 Å². The Kier molecular flexibility index (Phi) is 3.01. The van der Waals surface area contributed by atoms with E-state index in [2.05, 4.69) is 5.32 Å². The van der Waals surface area contributed by atoms with E-state index in [1.165, 1.54) is 38.8 Å². The van der Waals surface area contributed by atoms with Gasteiger partial charge in [-0.25, -0.2) is 0 Å². The molecule has 1 saturated carbocycles. The van der Waals surface area contributed by atoms with E-state index in [1.807, 2.05) is 0 Å². The van der Waals surface area contributed by atoms with Gasteiger partial charge in [0.1, 0.15) is 0 Å². The lowest BCUT2D eigenvalue weighted by molar-refractivity contribution is 0.185. The van der Waals surface area contributed by atoms with Crippen molar-refractivity contribution in [1.29, 1.82) is 0 Å². The molecule has 70 valence electrons. The minimum Gasteiger partial charge on any atom is -0.381 e. The van der Waals surface area contributed by atoms with E-state index in [0.717, 1.165) is 25.0 Å². The molecule has 0 radical (unpaired) electrons. The quantitative estimate of drug-likeness (QED) is 0.628. The Morgan fingerprint density at radius 1 is 1.17 bits per heavy atom. The van der Waals surface area contributed by atoms with Gasteiger partial charge in [0.05, 0.1) is 6.61 Å². The van der Waals surface area contributed by atoms with Gasteiger partial charge in [0, 0.05) is 13.2 Å². The van der Waals surface area contributed by atoms with Crippen LogP contribution in [0.15, 0.2) is 0 Å². The molecule has 2 aliphatic rings. The lowest BCUT2D eigenvalue weighted by Gasteiger charge is -2.08. The van der Waals surface area contributed by atoms with Gasteiger partial charge in [-0.1, -0.05) is 12.8 Å². The molecule has 1 heterocycles. The predicted molar refractivity (Wildman–Crippen MR) is 49.1 cm³/mol. The highest BCUT2D eigenvalue weighted by molar-refractivity contribution is 4.74. The van der Waals surface area contributed by atoms with Crippen LogP contribution in [0.4, 0.5) is 0 Å². The number of hydrogen-bond acceptors (Lipinski definition) is 2. The second kappa shape index (κ2) is 4.24. The summed E-state index contributed by atoms with van der Waals surface area (Å²) in [7, 11) is 0. The summed E-state index contributed by atoms with van der Waals surface area (Å²) in [5, 5.41) is 3.52. The van der Waals surface area contributed by atoms with Gasteiger partial charge in [0.2, 0.25) is 0 Å². The van der Waals surface area contributed by atoms with E-state index in [9.17, 15) is 0 Å². The van der Waals surface area contributed by atoms with Gasteiger partial charge in [-0.15, -0.1) is 0 Å². The highest BCUT2D eigenvalue weighted by Gasteiger charge is 2.20. The maximum atomic E-state index is 5.31. The van der Waals surface area contributed by atoms with Crippen LogP contribution in [0, 0.1) is 11.8 Å². The predicted octanol–water partition coefficient (Wildman–Crippen LogP) is 1.41. The monoisotopic (exact) mass is 169 g/mol. The summed E-state index contributed by atoms with van der Waals surface area (Å²) in [6, 6.07) is 0. The van der Waals surface area contributed by atoms with Gasteiger partial charge >= 0.3 is 0 Å². The normalized spacial score (nSPS) is 29.5. The topological polar surface area (TPSA) is 21.3 Å². The van der Waals surface area contributed by atoms with Crippen molar-refractivity contribution in [2.75, 3.05) is 26.3 Å². The fourth-order valence-electron chi connectivity index (χ4n) is 1.76. The highest BCUT2D eigenvalue weighted by atomic mass is 16.5. The second-order valence-electron chi connectivity index (χ2n) is 4.17. The average molecular weight is 169 g/mol. The van der Waals surface area contributed by atoms with E-state index >= 15 is 0 Å². The summed E-state index contributed by atoms with van der Waals surface area (Å²) in [6.45, 7) is 4.36. The number of hydrogen-bond donors (Lipinski definition) is 1. The molecule has 0 aromatic heterocycles. The van der Waals surface area contributed by atoms with Crippen molar-refractivity contribution in [2.45, 2.75) is 25.7 Å². The third-order valence-corrected chi connectivity index (χ3v) is 2.88. The van der Waals surface area contributed by atoms with E-state index in [1.54, 1.807) is 0 Å². The molecule has 1 saturated heterocycles. The fourth-order valence-corrected chi connectivity index (χ4v) is 1.76. The van der Waals surface area contributed by atoms with Crippen LogP contribution < -0.4 is 5.32 Å². The Bertz CT molecular complexity index is 128. The molecule has 12 heavy (non-hydrogen) atoms. The molecule has 0 amide bonds. The first kappa shape index (κ1) is 8.52. The van der Waals surface area contributed by atoms with Crippen LogP contribution >= 0.6 is 0 Å². The van der Waals surface area contributed by atoms with Gasteiger partial charge < -0.3 is 10.1 Å². The second-order valence-corrected chi connectivity index (χ2v) is 4.17. The Balaban J connectivity index is 1.44. The van der Waals surface area contributed by atoms with Crippen LogP contribution in [0.5, 0.6) is 0 Å². The number of ether oxygens (including phenoxy) is 1. The summed E-state index contributed by atoms with van der Waals surface area (Å²) in [5.74, 6) is 1.86. The third kappa shape index (κ3) is 2.76. The van der Waals surface area contributed by atoms with Gasteiger partial charge in [0.15, 0.2) is 0 Å². The van der Waals surface area contributed by atoms with Crippen LogP contribution in [0.2, 0.25) is 0 Å². The van der Waals surface area contributed by atoms with Crippen LogP contribution in [-0.2, 0) is 4.74 Å². The zero-order valence-electron chi connectivity index (χ0n) is 7.72. The lowest BCUT2D eigenvalue weighted by Crippen LogP contribution is -2.24. The van der Waals surface area contributed by atoms with Crippen molar-refractivity contribution < 1.29 is 4.74 Å². The number of rotatable bonds is 5. The zero-order chi connectivity index (χ0) is 8.23. The first-order valence-electron chi connectivity index (χ1n) is 5.23. The molecule has 1 atom stereocenters. The molecule has 0 bridgehead atoms. The Morgan fingerprint density at radius 3 is 2.75 bits per heavy atom. The lowest BCUT2D eigenvalue weighted by atomic mass is 10.1. The maximum Gasteiger partial charge on any atom is 0.0507 e. The zero-order valence-corrected chi connectivity index (χ0v) is 7.72. The van der Waals surface area contributed by atoms with Gasteiger partial charge in [-0.3, -0.25) is 0 Å². The van der Waals surface area contributed by atoms with Crippen molar-refractivity contribution in [2.24, 2.45) is 11.8 Å². The molecule has 2 fully saturated rings. The van der Waals surface area contributed by atoms with Crippen molar-refractivity contribution in [3.63, 3.8) is 0 Å². The van der Waals surface area contributed by atoms with Crippen LogP contribution in [0.25, 0.3) is 0 Å². The third-order valence-electron chi connectivity index (χ3n) is 2.88. The minimum absolute atomic E-state index is 0.796. The number of nitrogens with one attached hydrogen (secondary N) is 1. The van der Waals surface area contributed by atoms with E-state index in [-0.39, 0.29) is 0 Å². The van der Waals surface area contributed by atoms with Crippen LogP contribution in [-0.4, -0.2) is 26.3 Å². The standard InChI is InChI=1S/C10H19NO/c1-2-9(1)3-5-11-7-10-4-6-12-8-10/h9-11H,1-8H2. The Labute approximate surface area is 74.7 Å². The summed E-state index contributed by atoms with van der Waals surface area (Å²) in [5.41, 5.74) is 0. The molecular weight excluding hydrogens is 150 g/mol. The molecule has 0 aromatic carbocycles. The van der Waals surface area contributed by atoms with Crippen molar-refractivity contribution >= 4 is 0 Å². The SMILES string of the molecule is C(CC1CC1)NCC1CCOC1. The summed E-state index contributed by atoms with van der Waals surface area (Å²) < 4.78 is 5.31. The summed E-state index contributed by atoms with van der Waals surface area (Å²) >= 11 is 0. The van der Waals surface area contributed by atoms with Crippen molar-refractivity contribution in [3.8, 4) is 0 Å². The molecule has 2 heteroatoms. The van der Waals surface area contributed by atoms with E-state index in [0.29, 0.717) is 0 Å². The molecule has 2 rings (SSSR count). The molecule has 1 aliphatic carbocycles. The molecular formula is C10H19NO. The highest BCUT2D eigenvalue weighted by Crippen LogP contribution is 2.31. The first-order chi connectivity index (χ1) is 5.95. The van der Waals surface area contributed by atoms with Crippen LogP contribution in [0.1, 0.15) is 25.7 Å². The average Bonchev–Trinajstić information content (AvgIpc) is 2.76. The molecule has 0 aromatic rings. The largest absolute Gasteiger partial charge is 0.381 e. The van der Waals surface area contributed by atoms with Crippen molar-refractivity contribution in [3.05, 3.63) is 0 Å². The first-order valence-corrected chi connectivity index (χ1v) is 5.23. The molecule has 1 N–H and O–H groups in total. The Hall–Kier alpha value is -0.0800. The molecule has 2 nitrogen and oxygen atoms in total. The Morgan fingerprint density at radius 2 is 2.08 bits per heavy atom. The molecule has 1 aliphatic heterocycles. The van der Waals surface area contributed by atoms with Gasteiger partial charge in [0.25, 0.3) is 0 Å². The van der Waals surface area contributed by atoms with E-state index in [4.69, 9.17) is 4.74 Å². The molecule has 0 spiro atoms. The van der Waals surface area contributed by atoms with Crippen LogP contribution in [0.3, 0.4) is 0 Å².